The number of nitrogens with one attached hydrogen (secondary N) is 1. The fourth-order valence-electron chi connectivity index (χ4n) is 2.47. The molecule has 1 aliphatic rings. The van der Waals surface area contributed by atoms with Crippen LogP contribution in [0.4, 0.5) is 0 Å². The Labute approximate surface area is 120 Å². The molecule has 1 aromatic rings. The summed E-state index contributed by atoms with van der Waals surface area (Å²) in [5, 5.41) is 3.34. The molecule has 1 heterocycles. The van der Waals surface area contributed by atoms with Crippen LogP contribution in [-0.2, 0) is 4.74 Å². The van der Waals surface area contributed by atoms with Crippen LogP contribution in [0.3, 0.4) is 0 Å². The van der Waals surface area contributed by atoms with Gasteiger partial charge < -0.3 is 14.8 Å². The van der Waals surface area contributed by atoms with E-state index >= 15 is 0 Å². The second-order valence-electron chi connectivity index (χ2n) is 5.06. The van der Waals surface area contributed by atoms with Crippen LogP contribution in [0.2, 0.25) is 0 Å². The minimum absolute atomic E-state index is 0.0790. The summed E-state index contributed by atoms with van der Waals surface area (Å²) in [6.45, 7) is 1.90. The highest BCUT2D eigenvalue weighted by atomic mass is 16.5. The fraction of sp³-hybridized carbons (Fsp3) is 0.562. The molecule has 0 saturated carbocycles. The van der Waals surface area contributed by atoms with Gasteiger partial charge in [0.05, 0.1) is 18.2 Å². The largest absolute Gasteiger partial charge is 0.490 e. The first-order valence-electron chi connectivity index (χ1n) is 7.31. The third-order valence-electron chi connectivity index (χ3n) is 3.57. The SMILES string of the molecule is COCCOc1ccccc1C(=O)C1CCCCCN1. The van der Waals surface area contributed by atoms with Crippen molar-refractivity contribution in [1.82, 2.24) is 5.32 Å². The monoisotopic (exact) mass is 277 g/mol. The molecule has 4 nitrogen and oxygen atoms in total. The average molecular weight is 277 g/mol. The lowest BCUT2D eigenvalue weighted by atomic mass is 9.99. The van der Waals surface area contributed by atoms with Crippen molar-refractivity contribution in [2.75, 3.05) is 26.9 Å². The van der Waals surface area contributed by atoms with Gasteiger partial charge in [-0.25, -0.2) is 0 Å². The second-order valence-corrected chi connectivity index (χ2v) is 5.06. The van der Waals surface area contributed by atoms with Gasteiger partial charge in [-0.2, -0.15) is 0 Å². The molecule has 0 spiro atoms. The Hall–Kier alpha value is -1.39. The number of benzene rings is 1. The van der Waals surface area contributed by atoms with Gasteiger partial charge in [-0.15, -0.1) is 0 Å². The number of rotatable bonds is 6. The molecule has 1 N–H and O–H groups in total. The first kappa shape index (κ1) is 15.0. The highest BCUT2D eigenvalue weighted by molar-refractivity contribution is 6.02. The molecule has 1 saturated heterocycles. The van der Waals surface area contributed by atoms with Gasteiger partial charge in [0.1, 0.15) is 12.4 Å². The lowest BCUT2D eigenvalue weighted by molar-refractivity contribution is 0.0933. The van der Waals surface area contributed by atoms with E-state index in [1.807, 2.05) is 24.3 Å². The Bertz CT molecular complexity index is 425. The van der Waals surface area contributed by atoms with E-state index in [1.54, 1.807) is 7.11 Å². The Kier molecular flexibility index (Phi) is 6.02. The molecule has 0 amide bonds. The van der Waals surface area contributed by atoms with E-state index in [1.165, 1.54) is 6.42 Å². The predicted octanol–water partition coefficient (Wildman–Crippen LogP) is 2.43. The minimum Gasteiger partial charge on any atom is -0.490 e. The third-order valence-corrected chi connectivity index (χ3v) is 3.57. The Morgan fingerprint density at radius 2 is 2.10 bits per heavy atom. The van der Waals surface area contributed by atoms with Crippen molar-refractivity contribution in [2.24, 2.45) is 0 Å². The summed E-state index contributed by atoms with van der Waals surface area (Å²) in [6, 6.07) is 7.38. The van der Waals surface area contributed by atoms with Crippen LogP contribution in [-0.4, -0.2) is 38.7 Å². The summed E-state index contributed by atoms with van der Waals surface area (Å²) in [7, 11) is 1.63. The summed E-state index contributed by atoms with van der Waals surface area (Å²) >= 11 is 0. The molecule has 0 aromatic heterocycles. The number of ketones is 1. The number of hydrogen-bond acceptors (Lipinski definition) is 4. The van der Waals surface area contributed by atoms with Gasteiger partial charge in [0.25, 0.3) is 0 Å². The number of ether oxygens (including phenoxy) is 2. The first-order chi connectivity index (χ1) is 9.83. The van der Waals surface area contributed by atoms with Crippen molar-refractivity contribution < 1.29 is 14.3 Å². The summed E-state index contributed by atoms with van der Waals surface area (Å²) in [6.07, 6.45) is 4.36. The molecule has 1 atom stereocenters. The van der Waals surface area contributed by atoms with Crippen LogP contribution in [0.15, 0.2) is 24.3 Å². The minimum atomic E-state index is -0.0790. The van der Waals surface area contributed by atoms with Gasteiger partial charge >= 0.3 is 0 Å². The molecular formula is C16H23NO3. The standard InChI is InChI=1S/C16H23NO3/c1-19-11-12-20-15-9-5-4-7-13(15)16(18)14-8-3-2-6-10-17-14/h4-5,7,9,14,17H,2-3,6,8,10-12H2,1H3. The molecule has 1 fully saturated rings. The van der Waals surface area contributed by atoms with Crippen molar-refractivity contribution >= 4 is 5.78 Å². The quantitative estimate of drug-likeness (QED) is 0.641. The first-order valence-corrected chi connectivity index (χ1v) is 7.31. The van der Waals surface area contributed by atoms with Crippen molar-refractivity contribution in [3.63, 3.8) is 0 Å². The van der Waals surface area contributed by atoms with E-state index < -0.39 is 0 Å². The number of carbonyl (C=O) groups is 1. The Balaban J connectivity index is 2.07. The zero-order valence-corrected chi connectivity index (χ0v) is 12.1. The van der Waals surface area contributed by atoms with E-state index in [2.05, 4.69) is 5.32 Å². The van der Waals surface area contributed by atoms with E-state index in [9.17, 15) is 4.79 Å². The van der Waals surface area contributed by atoms with Gasteiger partial charge in [0.15, 0.2) is 5.78 Å². The van der Waals surface area contributed by atoms with Crippen LogP contribution in [0.1, 0.15) is 36.0 Å². The number of carbonyl (C=O) groups excluding carboxylic acids is 1. The summed E-state index contributed by atoms with van der Waals surface area (Å²) in [5.74, 6) is 0.792. The molecular weight excluding hydrogens is 254 g/mol. The zero-order valence-electron chi connectivity index (χ0n) is 12.1. The predicted molar refractivity (Wildman–Crippen MR) is 78.4 cm³/mol. The normalized spacial score (nSPS) is 19.4. The van der Waals surface area contributed by atoms with Crippen molar-refractivity contribution in [2.45, 2.75) is 31.7 Å². The topological polar surface area (TPSA) is 47.6 Å². The molecule has 1 unspecified atom stereocenters. The maximum absolute atomic E-state index is 12.6. The van der Waals surface area contributed by atoms with Gasteiger partial charge in [-0.05, 0) is 31.5 Å². The van der Waals surface area contributed by atoms with Crippen LogP contribution in [0, 0.1) is 0 Å². The molecule has 2 rings (SSSR count). The fourth-order valence-corrected chi connectivity index (χ4v) is 2.47. The van der Waals surface area contributed by atoms with E-state index in [0.717, 1.165) is 25.8 Å². The highest BCUT2D eigenvalue weighted by Gasteiger charge is 2.23. The van der Waals surface area contributed by atoms with Crippen molar-refractivity contribution in [3.8, 4) is 5.75 Å². The number of para-hydroxylation sites is 1. The van der Waals surface area contributed by atoms with Gasteiger partial charge in [-0.1, -0.05) is 25.0 Å². The molecule has 110 valence electrons. The molecule has 1 aromatic carbocycles. The molecule has 0 bridgehead atoms. The van der Waals surface area contributed by atoms with Crippen LogP contribution < -0.4 is 10.1 Å². The maximum Gasteiger partial charge on any atom is 0.183 e. The van der Waals surface area contributed by atoms with E-state index in [0.29, 0.717) is 24.5 Å². The van der Waals surface area contributed by atoms with Crippen LogP contribution in [0.5, 0.6) is 5.75 Å². The van der Waals surface area contributed by atoms with Gasteiger partial charge in [-0.3, -0.25) is 4.79 Å². The number of hydrogen-bond donors (Lipinski definition) is 1. The molecule has 20 heavy (non-hydrogen) atoms. The highest BCUT2D eigenvalue weighted by Crippen LogP contribution is 2.22. The number of Topliss-reactive ketones (excluding diaryl/α,β-unsaturated/α-hetero) is 1. The smallest absolute Gasteiger partial charge is 0.183 e. The summed E-state index contributed by atoms with van der Waals surface area (Å²) in [5.41, 5.74) is 0.669. The van der Waals surface area contributed by atoms with Crippen molar-refractivity contribution in [3.05, 3.63) is 29.8 Å². The average Bonchev–Trinajstić information content (AvgIpc) is 2.76. The molecule has 0 radical (unpaired) electrons. The van der Waals surface area contributed by atoms with Crippen molar-refractivity contribution in [1.29, 1.82) is 0 Å². The second kappa shape index (κ2) is 8.02. The maximum atomic E-state index is 12.6. The molecule has 4 heteroatoms. The third kappa shape index (κ3) is 4.05. The Morgan fingerprint density at radius 1 is 1.25 bits per heavy atom. The Morgan fingerprint density at radius 3 is 2.95 bits per heavy atom. The lowest BCUT2D eigenvalue weighted by Crippen LogP contribution is -2.36. The van der Waals surface area contributed by atoms with Crippen LogP contribution >= 0.6 is 0 Å². The van der Waals surface area contributed by atoms with E-state index in [-0.39, 0.29) is 11.8 Å². The summed E-state index contributed by atoms with van der Waals surface area (Å²) < 4.78 is 10.6. The summed E-state index contributed by atoms with van der Waals surface area (Å²) in [4.78, 5) is 12.6. The molecule has 0 aliphatic carbocycles. The van der Waals surface area contributed by atoms with Gasteiger partial charge in [0, 0.05) is 7.11 Å². The zero-order chi connectivity index (χ0) is 14.2. The van der Waals surface area contributed by atoms with Gasteiger partial charge in [0.2, 0.25) is 0 Å². The van der Waals surface area contributed by atoms with E-state index in [4.69, 9.17) is 9.47 Å². The molecule has 1 aliphatic heterocycles. The lowest BCUT2D eigenvalue weighted by Gasteiger charge is -2.17. The van der Waals surface area contributed by atoms with Crippen LogP contribution in [0.25, 0.3) is 0 Å². The number of methoxy groups -OCH3 is 1.